The molecule has 0 aliphatic heterocycles. The van der Waals surface area contributed by atoms with E-state index >= 15 is 0 Å². The number of hydrogen-bond acceptors (Lipinski definition) is 4. The summed E-state index contributed by atoms with van der Waals surface area (Å²) in [6.07, 6.45) is -2.27. The molecular weight excluding hydrogens is 449 g/mol. The van der Waals surface area contributed by atoms with Gasteiger partial charge >= 0.3 is 6.18 Å². The number of thiazole rings is 1. The molecule has 2 aromatic rings. The van der Waals surface area contributed by atoms with Gasteiger partial charge in [-0.15, -0.1) is 23.7 Å². The van der Waals surface area contributed by atoms with Crippen LogP contribution in [0.4, 0.5) is 18.9 Å². The van der Waals surface area contributed by atoms with Gasteiger partial charge in [0.25, 0.3) is 5.91 Å². The number of aliphatic imine (C=N–C) groups is 1. The molecule has 0 atom stereocenters. The number of aryl methyl sites for hydroxylation is 2. The van der Waals surface area contributed by atoms with Gasteiger partial charge in [-0.2, -0.15) is 13.2 Å². The highest BCUT2D eigenvalue weighted by molar-refractivity contribution is 7.09. The van der Waals surface area contributed by atoms with Crippen molar-refractivity contribution in [2.45, 2.75) is 52.8 Å². The molecule has 172 valence electrons. The molecule has 2 rings (SSSR count). The SMILES string of the molecule is CCN(C)C=Nc1cc(C)c(Cc2nc(C(=O)NC(C)(C)C(F)(F)F)cs2)cc1C.Cl. The number of amides is 1. The van der Waals surface area contributed by atoms with Crippen molar-refractivity contribution in [3.63, 3.8) is 0 Å². The van der Waals surface area contributed by atoms with Crippen LogP contribution in [0.5, 0.6) is 0 Å². The van der Waals surface area contributed by atoms with Gasteiger partial charge in [0.15, 0.2) is 0 Å². The summed E-state index contributed by atoms with van der Waals surface area (Å²) in [5, 5.41) is 4.15. The average Bonchev–Trinajstić information content (AvgIpc) is 3.10. The van der Waals surface area contributed by atoms with Gasteiger partial charge < -0.3 is 10.2 Å². The Morgan fingerprint density at radius 1 is 1.26 bits per heavy atom. The summed E-state index contributed by atoms with van der Waals surface area (Å²) in [4.78, 5) is 22.9. The van der Waals surface area contributed by atoms with Crippen LogP contribution in [-0.4, -0.2) is 47.4 Å². The number of rotatable bonds is 7. The third kappa shape index (κ3) is 6.93. The Morgan fingerprint density at radius 3 is 2.48 bits per heavy atom. The number of benzene rings is 1. The summed E-state index contributed by atoms with van der Waals surface area (Å²) in [6.45, 7) is 8.70. The maximum absolute atomic E-state index is 13.0. The second kappa shape index (κ2) is 10.5. The molecule has 0 spiro atoms. The van der Waals surface area contributed by atoms with E-state index in [1.165, 1.54) is 16.7 Å². The molecule has 1 aromatic heterocycles. The van der Waals surface area contributed by atoms with Crippen LogP contribution in [0.3, 0.4) is 0 Å². The first-order valence-corrected chi connectivity index (χ1v) is 10.4. The van der Waals surface area contributed by atoms with E-state index in [9.17, 15) is 18.0 Å². The minimum atomic E-state index is -4.55. The van der Waals surface area contributed by atoms with Crippen molar-refractivity contribution in [1.29, 1.82) is 0 Å². The van der Waals surface area contributed by atoms with Crippen LogP contribution >= 0.6 is 23.7 Å². The van der Waals surface area contributed by atoms with Crippen molar-refractivity contribution >= 4 is 41.7 Å². The normalized spacial score (nSPS) is 12.0. The highest BCUT2D eigenvalue weighted by atomic mass is 35.5. The number of aromatic nitrogens is 1. The standard InChI is InChI=1S/C21H27F3N4OS.ClH/c1-7-28(6)12-25-16-9-13(2)15(8-14(16)3)10-18-26-17(11-30-18)19(29)27-20(4,5)21(22,23)24;/h8-9,11-12H,7,10H2,1-6H3,(H,27,29);1H. The van der Waals surface area contributed by atoms with Crippen LogP contribution in [0.1, 0.15) is 53.0 Å². The minimum Gasteiger partial charge on any atom is -0.366 e. The Labute approximate surface area is 191 Å². The number of hydrogen-bond donors (Lipinski definition) is 1. The number of alkyl halides is 3. The van der Waals surface area contributed by atoms with Crippen molar-refractivity contribution in [2.75, 3.05) is 13.6 Å². The number of halogens is 4. The zero-order valence-corrected chi connectivity index (χ0v) is 20.1. The maximum atomic E-state index is 13.0. The monoisotopic (exact) mass is 476 g/mol. The first-order chi connectivity index (χ1) is 13.8. The van der Waals surface area contributed by atoms with Gasteiger partial charge in [0.1, 0.15) is 11.2 Å². The molecule has 1 heterocycles. The number of nitrogens with zero attached hydrogens (tertiary/aromatic N) is 3. The third-order valence-electron chi connectivity index (χ3n) is 4.81. The molecule has 0 aliphatic carbocycles. The quantitative estimate of drug-likeness (QED) is 0.426. The van der Waals surface area contributed by atoms with Gasteiger partial charge in [-0.1, -0.05) is 6.07 Å². The molecule has 0 bridgehead atoms. The van der Waals surface area contributed by atoms with Gasteiger partial charge in [-0.25, -0.2) is 9.98 Å². The largest absolute Gasteiger partial charge is 0.410 e. The molecular formula is C21H28ClF3N4OS. The highest BCUT2D eigenvalue weighted by Gasteiger charge is 2.48. The molecule has 5 nitrogen and oxygen atoms in total. The Kier molecular flexibility index (Phi) is 9.07. The lowest BCUT2D eigenvalue weighted by atomic mass is 10.0. The topological polar surface area (TPSA) is 57.6 Å². The Morgan fingerprint density at radius 2 is 1.90 bits per heavy atom. The second-order valence-electron chi connectivity index (χ2n) is 7.76. The van der Waals surface area contributed by atoms with Crippen LogP contribution in [0.25, 0.3) is 0 Å². The number of carbonyl (C=O) groups is 1. The Hall–Kier alpha value is -2.13. The lowest BCUT2D eigenvalue weighted by molar-refractivity contribution is -0.182. The lowest BCUT2D eigenvalue weighted by Gasteiger charge is -2.28. The Bertz CT molecular complexity index is 941. The van der Waals surface area contributed by atoms with Gasteiger partial charge in [-0.3, -0.25) is 4.79 Å². The van der Waals surface area contributed by atoms with Crippen molar-refractivity contribution in [3.05, 3.63) is 44.9 Å². The fourth-order valence-electron chi connectivity index (χ4n) is 2.51. The summed E-state index contributed by atoms with van der Waals surface area (Å²) in [5.74, 6) is -0.836. The van der Waals surface area contributed by atoms with Gasteiger partial charge in [0.2, 0.25) is 0 Å². The zero-order valence-electron chi connectivity index (χ0n) is 18.4. The minimum absolute atomic E-state index is 0. The van der Waals surface area contributed by atoms with E-state index < -0.39 is 17.6 Å². The van der Waals surface area contributed by atoms with Crippen LogP contribution in [0.2, 0.25) is 0 Å². The summed E-state index contributed by atoms with van der Waals surface area (Å²) < 4.78 is 39.0. The van der Waals surface area contributed by atoms with Crippen molar-refractivity contribution in [2.24, 2.45) is 4.99 Å². The van der Waals surface area contributed by atoms with Crippen LogP contribution in [0.15, 0.2) is 22.5 Å². The van der Waals surface area contributed by atoms with Crippen molar-refractivity contribution in [1.82, 2.24) is 15.2 Å². The van der Waals surface area contributed by atoms with E-state index in [1.807, 2.05) is 50.2 Å². The Balaban J connectivity index is 0.00000480. The molecule has 1 amide bonds. The molecule has 0 saturated heterocycles. The van der Waals surface area contributed by atoms with E-state index in [0.29, 0.717) is 11.4 Å². The van der Waals surface area contributed by atoms with Gasteiger partial charge in [0, 0.05) is 25.4 Å². The predicted octanol–water partition coefficient (Wildman–Crippen LogP) is 5.45. The maximum Gasteiger partial charge on any atom is 0.410 e. The second-order valence-corrected chi connectivity index (χ2v) is 8.71. The highest BCUT2D eigenvalue weighted by Crippen LogP contribution is 2.30. The predicted molar refractivity (Wildman–Crippen MR) is 122 cm³/mol. The van der Waals surface area contributed by atoms with Gasteiger partial charge in [0.05, 0.1) is 17.0 Å². The smallest absolute Gasteiger partial charge is 0.366 e. The summed E-state index contributed by atoms with van der Waals surface area (Å²) in [7, 11) is 1.95. The fourth-order valence-corrected chi connectivity index (χ4v) is 3.31. The van der Waals surface area contributed by atoms with E-state index in [0.717, 1.165) is 42.8 Å². The lowest BCUT2D eigenvalue weighted by Crippen LogP contribution is -2.54. The summed E-state index contributed by atoms with van der Waals surface area (Å²) in [6, 6.07) is 4.03. The van der Waals surface area contributed by atoms with E-state index in [4.69, 9.17) is 0 Å². The molecule has 1 aromatic carbocycles. The molecule has 0 fully saturated rings. The van der Waals surface area contributed by atoms with E-state index in [1.54, 1.807) is 6.34 Å². The van der Waals surface area contributed by atoms with Crippen molar-refractivity contribution in [3.8, 4) is 0 Å². The average molecular weight is 477 g/mol. The molecule has 0 aliphatic rings. The summed E-state index contributed by atoms with van der Waals surface area (Å²) >= 11 is 1.25. The van der Waals surface area contributed by atoms with Crippen LogP contribution < -0.4 is 5.32 Å². The first-order valence-electron chi connectivity index (χ1n) is 9.52. The number of carbonyl (C=O) groups excluding carboxylic acids is 1. The molecule has 31 heavy (non-hydrogen) atoms. The van der Waals surface area contributed by atoms with Crippen molar-refractivity contribution < 1.29 is 18.0 Å². The fraction of sp³-hybridized carbons (Fsp3) is 0.476. The van der Waals surface area contributed by atoms with Crippen LogP contribution in [0, 0.1) is 13.8 Å². The molecule has 0 unspecified atom stereocenters. The van der Waals surface area contributed by atoms with E-state index in [-0.39, 0.29) is 18.1 Å². The first kappa shape index (κ1) is 26.9. The zero-order chi connectivity index (χ0) is 22.7. The summed E-state index contributed by atoms with van der Waals surface area (Å²) in [5.41, 5.74) is 1.62. The number of nitrogens with one attached hydrogen (secondary N) is 1. The molecule has 10 heteroatoms. The van der Waals surface area contributed by atoms with Crippen LogP contribution in [-0.2, 0) is 6.42 Å². The van der Waals surface area contributed by atoms with E-state index in [2.05, 4.69) is 9.98 Å². The molecule has 1 N–H and O–H groups in total. The molecule has 0 saturated carbocycles. The molecule has 0 radical (unpaired) electrons. The third-order valence-corrected chi connectivity index (χ3v) is 5.66. The van der Waals surface area contributed by atoms with Gasteiger partial charge in [-0.05, 0) is 57.4 Å².